The molecule has 140 valence electrons. The molecule has 7 heteroatoms. The summed E-state index contributed by atoms with van der Waals surface area (Å²) in [5.74, 6) is 6.56. The lowest BCUT2D eigenvalue weighted by atomic mass is 10.2. The summed E-state index contributed by atoms with van der Waals surface area (Å²) in [5, 5.41) is 4.05. The summed E-state index contributed by atoms with van der Waals surface area (Å²) in [6.07, 6.45) is 4.00. The van der Waals surface area contributed by atoms with E-state index in [0.29, 0.717) is 36.1 Å². The molecule has 2 aromatic heterocycles. The highest BCUT2D eigenvalue weighted by Gasteiger charge is 2.28. The van der Waals surface area contributed by atoms with Gasteiger partial charge in [-0.3, -0.25) is 9.78 Å². The summed E-state index contributed by atoms with van der Waals surface area (Å²) in [6.45, 7) is 2.80. The molecule has 1 aromatic carbocycles. The third-order valence-electron chi connectivity index (χ3n) is 4.44. The van der Waals surface area contributed by atoms with Crippen molar-refractivity contribution < 1.29 is 14.1 Å². The molecule has 0 aliphatic carbocycles. The minimum absolute atomic E-state index is 0.105. The van der Waals surface area contributed by atoms with Crippen LogP contribution in [0.4, 0.5) is 0 Å². The molecule has 28 heavy (non-hydrogen) atoms. The van der Waals surface area contributed by atoms with Crippen molar-refractivity contribution in [1.29, 1.82) is 0 Å². The minimum atomic E-state index is -0.166. The molecule has 1 atom stereocenters. The van der Waals surface area contributed by atoms with E-state index in [0.717, 1.165) is 12.0 Å². The van der Waals surface area contributed by atoms with Crippen molar-refractivity contribution >= 4 is 5.91 Å². The van der Waals surface area contributed by atoms with Crippen molar-refractivity contribution in [3.05, 3.63) is 48.8 Å². The number of carbonyl (C=O) groups is 1. The Hall–Kier alpha value is -3.66. The smallest absolute Gasteiger partial charge is 0.298 e. The van der Waals surface area contributed by atoms with Gasteiger partial charge >= 0.3 is 0 Å². The van der Waals surface area contributed by atoms with Crippen LogP contribution in [0.25, 0.3) is 22.8 Å². The van der Waals surface area contributed by atoms with Gasteiger partial charge in [-0.2, -0.15) is 4.98 Å². The fraction of sp³-hybridized carbons (Fsp3) is 0.238. The number of pyridine rings is 1. The van der Waals surface area contributed by atoms with E-state index in [1.807, 2.05) is 36.4 Å². The lowest BCUT2D eigenvalue weighted by Gasteiger charge is -2.16. The lowest BCUT2D eigenvalue weighted by molar-refractivity contribution is -0.124. The van der Waals surface area contributed by atoms with E-state index in [1.165, 1.54) is 0 Å². The second-order valence-electron chi connectivity index (χ2n) is 6.31. The van der Waals surface area contributed by atoms with Crippen LogP contribution in [0.2, 0.25) is 0 Å². The second-order valence-corrected chi connectivity index (χ2v) is 6.31. The number of nitrogens with zero attached hydrogens (tertiary/aromatic N) is 4. The molecule has 3 heterocycles. The maximum Gasteiger partial charge on any atom is 0.298 e. The van der Waals surface area contributed by atoms with Gasteiger partial charge in [0.25, 0.3) is 11.8 Å². The first-order valence-corrected chi connectivity index (χ1v) is 8.96. The van der Waals surface area contributed by atoms with Gasteiger partial charge in [-0.1, -0.05) is 23.2 Å². The Bertz CT molecular complexity index is 1040. The Morgan fingerprint density at radius 3 is 2.89 bits per heavy atom. The molecule has 0 spiro atoms. The number of hydrogen-bond acceptors (Lipinski definition) is 6. The maximum atomic E-state index is 11.9. The number of benzene rings is 1. The van der Waals surface area contributed by atoms with Crippen LogP contribution in [-0.4, -0.2) is 45.1 Å². The summed E-state index contributed by atoms with van der Waals surface area (Å²) in [6, 6.07) is 11.2. The van der Waals surface area contributed by atoms with Crippen molar-refractivity contribution in [2.24, 2.45) is 0 Å². The number of para-hydroxylation sites is 1. The Kier molecular flexibility index (Phi) is 5.02. The molecule has 0 radical (unpaired) electrons. The predicted molar refractivity (Wildman–Crippen MR) is 102 cm³/mol. The molecular weight excluding hydrogens is 356 g/mol. The summed E-state index contributed by atoms with van der Waals surface area (Å²) < 4.78 is 11.6. The molecule has 1 aliphatic heterocycles. The van der Waals surface area contributed by atoms with Crippen LogP contribution in [0.3, 0.4) is 0 Å². The van der Waals surface area contributed by atoms with E-state index >= 15 is 0 Å². The largest absolute Gasteiger partial charge is 0.488 e. The summed E-state index contributed by atoms with van der Waals surface area (Å²) in [4.78, 5) is 22.1. The van der Waals surface area contributed by atoms with Gasteiger partial charge in [-0.05, 0) is 37.1 Å². The first-order chi connectivity index (χ1) is 13.7. The number of aromatic nitrogens is 3. The molecule has 1 fully saturated rings. The van der Waals surface area contributed by atoms with Crippen LogP contribution >= 0.6 is 0 Å². The van der Waals surface area contributed by atoms with E-state index < -0.39 is 0 Å². The molecule has 0 saturated carbocycles. The molecule has 1 unspecified atom stereocenters. The van der Waals surface area contributed by atoms with Crippen LogP contribution in [0.15, 0.2) is 53.3 Å². The molecular formula is C21H18N4O3. The van der Waals surface area contributed by atoms with Crippen LogP contribution < -0.4 is 4.74 Å². The fourth-order valence-electron chi connectivity index (χ4n) is 3.07. The molecule has 0 bridgehead atoms. The summed E-state index contributed by atoms with van der Waals surface area (Å²) in [5.41, 5.74) is 1.54. The van der Waals surface area contributed by atoms with Gasteiger partial charge in [0.2, 0.25) is 5.82 Å². The number of carbonyl (C=O) groups excluding carboxylic acids is 1. The number of ether oxygens (including phenoxy) is 1. The summed E-state index contributed by atoms with van der Waals surface area (Å²) in [7, 11) is 0. The zero-order chi connectivity index (χ0) is 19.3. The van der Waals surface area contributed by atoms with Crippen LogP contribution in [0.5, 0.6) is 5.75 Å². The molecule has 4 rings (SSSR count). The van der Waals surface area contributed by atoms with Crippen molar-refractivity contribution in [2.75, 3.05) is 13.1 Å². The maximum absolute atomic E-state index is 11.9. The lowest BCUT2D eigenvalue weighted by Crippen LogP contribution is -2.29. The predicted octanol–water partition coefficient (Wildman–Crippen LogP) is 2.80. The highest BCUT2D eigenvalue weighted by atomic mass is 16.5. The quantitative estimate of drug-likeness (QED) is 0.653. The number of amides is 1. The average Bonchev–Trinajstić information content (AvgIpc) is 3.39. The van der Waals surface area contributed by atoms with Crippen molar-refractivity contribution in [3.63, 3.8) is 0 Å². The zero-order valence-corrected chi connectivity index (χ0v) is 15.3. The van der Waals surface area contributed by atoms with Crippen molar-refractivity contribution in [1.82, 2.24) is 20.0 Å². The molecule has 7 nitrogen and oxygen atoms in total. The highest BCUT2D eigenvalue weighted by molar-refractivity contribution is 5.93. The minimum Gasteiger partial charge on any atom is -0.488 e. The van der Waals surface area contributed by atoms with Crippen LogP contribution in [0, 0.1) is 11.8 Å². The van der Waals surface area contributed by atoms with E-state index in [1.54, 1.807) is 24.2 Å². The van der Waals surface area contributed by atoms with Gasteiger partial charge in [-0.25, -0.2) is 0 Å². The van der Waals surface area contributed by atoms with E-state index in [2.05, 4.69) is 27.0 Å². The number of rotatable bonds is 4. The third kappa shape index (κ3) is 3.71. The summed E-state index contributed by atoms with van der Waals surface area (Å²) >= 11 is 0. The molecule has 1 amide bonds. The number of hydrogen-bond donors (Lipinski definition) is 0. The molecule has 1 saturated heterocycles. The van der Waals surface area contributed by atoms with Gasteiger partial charge < -0.3 is 14.2 Å². The Morgan fingerprint density at radius 1 is 1.25 bits per heavy atom. The topological polar surface area (TPSA) is 81.4 Å². The first kappa shape index (κ1) is 17.7. The van der Waals surface area contributed by atoms with Crippen molar-refractivity contribution in [3.8, 4) is 40.4 Å². The van der Waals surface area contributed by atoms with E-state index in [9.17, 15) is 4.79 Å². The molecule has 0 N–H and O–H groups in total. The van der Waals surface area contributed by atoms with Gasteiger partial charge in [-0.15, -0.1) is 0 Å². The van der Waals surface area contributed by atoms with Crippen LogP contribution in [-0.2, 0) is 4.79 Å². The fourth-order valence-corrected chi connectivity index (χ4v) is 3.07. The molecule has 1 aliphatic rings. The van der Waals surface area contributed by atoms with Crippen LogP contribution in [0.1, 0.15) is 13.3 Å². The monoisotopic (exact) mass is 374 g/mol. The number of likely N-dealkylation sites (tertiary alicyclic amines) is 1. The van der Waals surface area contributed by atoms with Gasteiger partial charge in [0.15, 0.2) is 0 Å². The Labute approximate surface area is 162 Å². The second kappa shape index (κ2) is 7.92. The SMILES string of the molecule is CC#CC(=O)N1CCC(Oc2ccccc2-c2nc(-c3ccncc3)no2)C1. The Morgan fingerprint density at radius 2 is 2.07 bits per heavy atom. The van der Waals surface area contributed by atoms with Gasteiger partial charge in [0.1, 0.15) is 11.9 Å². The standard InChI is InChI=1S/C21H18N4O3/c1-2-5-19(26)25-13-10-16(14-25)27-18-7-4-3-6-17(18)21-23-20(24-28-21)15-8-11-22-12-9-15/h3-4,6-9,11-12,16H,10,13-14H2,1H3. The zero-order valence-electron chi connectivity index (χ0n) is 15.3. The van der Waals surface area contributed by atoms with Crippen molar-refractivity contribution in [2.45, 2.75) is 19.4 Å². The first-order valence-electron chi connectivity index (χ1n) is 8.96. The van der Waals surface area contributed by atoms with Gasteiger partial charge in [0, 0.05) is 30.9 Å². The normalized spacial score (nSPS) is 15.8. The third-order valence-corrected chi connectivity index (χ3v) is 4.44. The van der Waals surface area contributed by atoms with Gasteiger partial charge in [0.05, 0.1) is 12.1 Å². The average molecular weight is 374 g/mol. The highest BCUT2D eigenvalue weighted by Crippen LogP contribution is 2.31. The van der Waals surface area contributed by atoms with E-state index in [-0.39, 0.29) is 12.0 Å². The van der Waals surface area contributed by atoms with E-state index in [4.69, 9.17) is 9.26 Å². The Balaban J connectivity index is 1.53. The molecule has 3 aromatic rings.